The summed E-state index contributed by atoms with van der Waals surface area (Å²) < 4.78 is 0. The molecule has 4 nitrogen and oxygen atoms in total. The summed E-state index contributed by atoms with van der Waals surface area (Å²) in [5.74, 6) is 3.89. The number of hydrogen-bond donors (Lipinski definition) is 1. The van der Waals surface area contributed by atoms with Gasteiger partial charge in [-0.05, 0) is 17.5 Å². The summed E-state index contributed by atoms with van der Waals surface area (Å²) >= 11 is 0. The van der Waals surface area contributed by atoms with Crippen LogP contribution in [0, 0.1) is 5.92 Å². The summed E-state index contributed by atoms with van der Waals surface area (Å²) in [6.07, 6.45) is 1.43. The van der Waals surface area contributed by atoms with E-state index in [1.165, 1.54) is 0 Å². The van der Waals surface area contributed by atoms with Crippen molar-refractivity contribution < 1.29 is 14.4 Å². The normalized spacial score (nSPS) is 12.4. The van der Waals surface area contributed by atoms with Crippen molar-refractivity contribution >= 4 is 12.3 Å². The highest BCUT2D eigenvalue weighted by molar-refractivity contribution is 5.78. The van der Waals surface area contributed by atoms with E-state index < -0.39 is 17.3 Å². The molecule has 0 aliphatic carbocycles. The van der Waals surface area contributed by atoms with E-state index in [-0.39, 0.29) is 6.42 Å². The third-order valence-electron chi connectivity index (χ3n) is 4.46. The van der Waals surface area contributed by atoms with Gasteiger partial charge in [-0.25, -0.2) is 0 Å². The topological polar surface area (TPSA) is 69.4 Å². The van der Waals surface area contributed by atoms with Gasteiger partial charge in [-0.3, -0.25) is 4.79 Å². The minimum atomic E-state index is -0.681. The summed E-state index contributed by atoms with van der Waals surface area (Å²) in [6.45, 7) is 2.00. The first-order chi connectivity index (χ1) is 11.2. The van der Waals surface area contributed by atoms with Crippen LogP contribution in [-0.2, 0) is 19.8 Å². The average Bonchev–Trinajstić information content (AvgIpc) is 2.63. The van der Waals surface area contributed by atoms with Crippen molar-refractivity contribution in [3.05, 3.63) is 71.8 Å². The predicted octanol–water partition coefficient (Wildman–Crippen LogP) is 3.00. The highest BCUT2D eigenvalue weighted by Gasteiger charge is 2.45. The van der Waals surface area contributed by atoms with E-state index in [0.717, 1.165) is 17.4 Å². The van der Waals surface area contributed by atoms with Crippen molar-refractivity contribution in [3.63, 3.8) is 0 Å². The van der Waals surface area contributed by atoms with E-state index in [1.54, 1.807) is 0 Å². The molecule has 0 saturated carbocycles. The molecule has 1 atom stereocenters. The first-order valence-electron chi connectivity index (χ1n) is 7.66. The summed E-state index contributed by atoms with van der Waals surface area (Å²) in [4.78, 5) is 28.1. The third-order valence-corrected chi connectivity index (χ3v) is 4.46. The molecule has 0 fully saturated rings. The highest BCUT2D eigenvalue weighted by Crippen LogP contribution is 2.44. The summed E-state index contributed by atoms with van der Waals surface area (Å²) in [7, 11) is 0. The fourth-order valence-electron chi connectivity index (χ4n) is 3.37. The number of carbonyl (C=O) groups excluding carboxylic acids is 2. The summed E-state index contributed by atoms with van der Waals surface area (Å²) in [5.41, 5.74) is 1.26. The maximum atomic E-state index is 12.3. The van der Waals surface area contributed by atoms with Crippen LogP contribution in [0.2, 0.25) is 0 Å². The zero-order valence-corrected chi connectivity index (χ0v) is 13.1. The molecule has 2 aromatic rings. The molecule has 0 aromatic heterocycles. The molecular formula is C19H21NO3. The van der Waals surface area contributed by atoms with E-state index in [2.05, 4.69) is 4.84 Å². The molecule has 0 amide bonds. The van der Waals surface area contributed by atoms with Gasteiger partial charge in [-0.1, -0.05) is 67.6 Å². The van der Waals surface area contributed by atoms with Crippen LogP contribution in [0.15, 0.2) is 60.7 Å². The molecule has 4 heteroatoms. The Hall–Kier alpha value is -2.46. The lowest BCUT2D eigenvalue weighted by atomic mass is 9.63. The average molecular weight is 311 g/mol. The lowest BCUT2D eigenvalue weighted by Crippen LogP contribution is -2.42. The number of hydrogen-bond acceptors (Lipinski definition) is 4. The minimum absolute atomic E-state index is 0.0493. The number of benzene rings is 2. The van der Waals surface area contributed by atoms with Crippen molar-refractivity contribution in [2.45, 2.75) is 25.2 Å². The van der Waals surface area contributed by atoms with E-state index in [1.807, 2.05) is 67.6 Å². The SMILES string of the molecule is CCC(c1ccccc1)(c1ccccc1)C(CC=O)C(=O)ON. The monoisotopic (exact) mass is 311 g/mol. The maximum absolute atomic E-state index is 12.3. The Labute approximate surface area is 136 Å². The van der Waals surface area contributed by atoms with Crippen LogP contribution < -0.4 is 5.90 Å². The van der Waals surface area contributed by atoms with Crippen LogP contribution in [0.1, 0.15) is 30.9 Å². The molecule has 0 spiro atoms. The van der Waals surface area contributed by atoms with Crippen molar-refractivity contribution in [3.8, 4) is 0 Å². The van der Waals surface area contributed by atoms with Gasteiger partial charge in [0.1, 0.15) is 6.29 Å². The van der Waals surface area contributed by atoms with Crippen LogP contribution >= 0.6 is 0 Å². The molecule has 23 heavy (non-hydrogen) atoms. The van der Waals surface area contributed by atoms with Crippen LogP contribution in [0.4, 0.5) is 0 Å². The van der Waals surface area contributed by atoms with Gasteiger partial charge >= 0.3 is 5.97 Å². The molecule has 2 aromatic carbocycles. The van der Waals surface area contributed by atoms with Gasteiger partial charge in [0.2, 0.25) is 0 Å². The largest absolute Gasteiger partial charge is 0.373 e. The standard InChI is InChI=1S/C19H21NO3/c1-2-19(15-9-5-3-6-10-15,16-11-7-4-8-12-16)17(13-14-21)18(22)23-20/h3-12,14,17H,2,13,20H2,1H3. The highest BCUT2D eigenvalue weighted by atomic mass is 16.7. The summed E-state index contributed by atoms with van der Waals surface area (Å²) in [6, 6.07) is 19.4. The predicted molar refractivity (Wildman–Crippen MR) is 88.4 cm³/mol. The molecule has 0 bridgehead atoms. The number of nitrogens with two attached hydrogens (primary N) is 1. The zero-order chi connectivity index (χ0) is 16.7. The molecule has 1 unspecified atom stereocenters. The van der Waals surface area contributed by atoms with E-state index in [9.17, 15) is 9.59 Å². The Balaban J connectivity index is 2.71. The van der Waals surface area contributed by atoms with Crippen LogP contribution in [0.5, 0.6) is 0 Å². The zero-order valence-electron chi connectivity index (χ0n) is 13.1. The third kappa shape index (κ3) is 3.17. The number of aldehydes is 1. The molecule has 2 rings (SSSR count). The molecule has 120 valence electrons. The van der Waals surface area contributed by atoms with E-state index >= 15 is 0 Å². The quantitative estimate of drug-likeness (QED) is 0.630. The van der Waals surface area contributed by atoms with Gasteiger partial charge in [-0.15, -0.1) is 0 Å². The van der Waals surface area contributed by atoms with E-state index in [0.29, 0.717) is 6.42 Å². The second-order valence-corrected chi connectivity index (χ2v) is 5.45. The molecule has 0 radical (unpaired) electrons. The van der Waals surface area contributed by atoms with Crippen molar-refractivity contribution in [2.24, 2.45) is 11.8 Å². The van der Waals surface area contributed by atoms with Crippen LogP contribution in [0.25, 0.3) is 0 Å². The second kappa shape index (κ2) is 7.70. The van der Waals surface area contributed by atoms with Gasteiger partial charge < -0.3 is 9.63 Å². The molecular weight excluding hydrogens is 290 g/mol. The van der Waals surface area contributed by atoms with Gasteiger partial charge in [0.25, 0.3) is 0 Å². The first kappa shape index (κ1) is 16.9. The van der Waals surface area contributed by atoms with Gasteiger partial charge in [0.15, 0.2) is 0 Å². The Morgan fingerprint density at radius 2 is 1.57 bits per heavy atom. The van der Waals surface area contributed by atoms with Gasteiger partial charge in [-0.2, -0.15) is 5.90 Å². The van der Waals surface area contributed by atoms with E-state index in [4.69, 9.17) is 5.90 Å². The van der Waals surface area contributed by atoms with Crippen molar-refractivity contribution in [1.29, 1.82) is 0 Å². The fraction of sp³-hybridized carbons (Fsp3) is 0.263. The van der Waals surface area contributed by atoms with Crippen LogP contribution in [0.3, 0.4) is 0 Å². The number of rotatable bonds is 7. The Kier molecular flexibility index (Phi) is 5.66. The second-order valence-electron chi connectivity index (χ2n) is 5.45. The number of carbonyl (C=O) groups is 2. The Morgan fingerprint density at radius 1 is 1.09 bits per heavy atom. The minimum Gasteiger partial charge on any atom is -0.373 e. The molecule has 0 aliphatic heterocycles. The van der Waals surface area contributed by atoms with Gasteiger partial charge in [0, 0.05) is 11.8 Å². The smallest absolute Gasteiger partial charge is 0.329 e. The molecule has 0 saturated heterocycles. The lowest BCUT2D eigenvalue weighted by molar-refractivity contribution is -0.152. The molecule has 2 N–H and O–H groups in total. The molecule has 0 aliphatic rings. The van der Waals surface area contributed by atoms with Crippen LogP contribution in [-0.4, -0.2) is 12.3 Å². The first-order valence-corrected chi connectivity index (χ1v) is 7.66. The Morgan fingerprint density at radius 3 is 1.91 bits per heavy atom. The fourth-order valence-corrected chi connectivity index (χ4v) is 3.37. The maximum Gasteiger partial charge on any atom is 0.329 e. The Bertz CT molecular complexity index is 601. The van der Waals surface area contributed by atoms with Crippen molar-refractivity contribution in [2.75, 3.05) is 0 Å². The van der Waals surface area contributed by atoms with Gasteiger partial charge in [0.05, 0.1) is 5.92 Å². The van der Waals surface area contributed by atoms with Crippen molar-refractivity contribution in [1.82, 2.24) is 0 Å². The molecule has 0 heterocycles. The summed E-state index contributed by atoms with van der Waals surface area (Å²) in [5, 5.41) is 0. The lowest BCUT2D eigenvalue weighted by Gasteiger charge is -2.39.